The van der Waals surface area contributed by atoms with E-state index in [1.54, 1.807) is 6.07 Å². The third-order valence-corrected chi connectivity index (χ3v) is 3.82. The summed E-state index contributed by atoms with van der Waals surface area (Å²) in [4.78, 5) is 12.2. The van der Waals surface area contributed by atoms with Crippen molar-refractivity contribution in [2.24, 2.45) is 0 Å². The standard InChI is InChI=1S/C16H20O4/c17-14(5-1-3-13-4-2-8-18-13)12-6-7-15-16(11-12)20-10-9-19-15/h6-7,11,13H,1-5,8-10H2. The molecule has 0 amide bonds. The summed E-state index contributed by atoms with van der Waals surface area (Å²) in [5.74, 6) is 1.58. The van der Waals surface area contributed by atoms with E-state index in [0.29, 0.717) is 37.1 Å². The Hall–Kier alpha value is -1.55. The zero-order valence-corrected chi connectivity index (χ0v) is 11.6. The zero-order valence-electron chi connectivity index (χ0n) is 11.6. The topological polar surface area (TPSA) is 44.8 Å². The Labute approximate surface area is 119 Å². The first-order chi connectivity index (χ1) is 9.83. The van der Waals surface area contributed by atoms with Gasteiger partial charge in [-0.3, -0.25) is 4.79 Å². The summed E-state index contributed by atoms with van der Waals surface area (Å²) in [5, 5.41) is 0. The third kappa shape index (κ3) is 3.12. The van der Waals surface area contributed by atoms with Gasteiger partial charge in [-0.25, -0.2) is 0 Å². The minimum absolute atomic E-state index is 0.167. The highest BCUT2D eigenvalue weighted by Crippen LogP contribution is 2.31. The summed E-state index contributed by atoms with van der Waals surface area (Å²) in [7, 11) is 0. The molecule has 4 heteroatoms. The van der Waals surface area contributed by atoms with Crippen molar-refractivity contribution >= 4 is 5.78 Å². The maximum absolute atomic E-state index is 12.2. The van der Waals surface area contributed by atoms with Gasteiger partial charge >= 0.3 is 0 Å². The average molecular weight is 276 g/mol. The number of hydrogen-bond donors (Lipinski definition) is 0. The summed E-state index contributed by atoms with van der Waals surface area (Å²) >= 11 is 0. The average Bonchev–Trinajstić information content (AvgIpc) is 3.00. The first-order valence-electron chi connectivity index (χ1n) is 7.37. The molecule has 108 valence electrons. The van der Waals surface area contributed by atoms with Gasteiger partial charge in [-0.05, 0) is 43.9 Å². The fourth-order valence-electron chi connectivity index (χ4n) is 2.72. The van der Waals surface area contributed by atoms with Gasteiger partial charge < -0.3 is 14.2 Å². The number of carbonyl (C=O) groups is 1. The van der Waals surface area contributed by atoms with E-state index in [0.717, 1.165) is 38.0 Å². The van der Waals surface area contributed by atoms with Gasteiger partial charge in [0.2, 0.25) is 0 Å². The van der Waals surface area contributed by atoms with Crippen LogP contribution in [0.4, 0.5) is 0 Å². The van der Waals surface area contributed by atoms with E-state index >= 15 is 0 Å². The van der Waals surface area contributed by atoms with Gasteiger partial charge in [0.05, 0.1) is 6.10 Å². The highest BCUT2D eigenvalue weighted by Gasteiger charge is 2.17. The highest BCUT2D eigenvalue weighted by molar-refractivity contribution is 5.96. The number of fused-ring (bicyclic) bond motifs is 1. The number of ether oxygens (including phenoxy) is 3. The molecule has 1 aromatic carbocycles. The Morgan fingerprint density at radius 3 is 2.80 bits per heavy atom. The molecule has 20 heavy (non-hydrogen) atoms. The van der Waals surface area contributed by atoms with E-state index in [-0.39, 0.29) is 5.78 Å². The van der Waals surface area contributed by atoms with E-state index < -0.39 is 0 Å². The molecule has 2 heterocycles. The summed E-state index contributed by atoms with van der Waals surface area (Å²) in [6, 6.07) is 5.44. The second-order valence-corrected chi connectivity index (χ2v) is 5.31. The smallest absolute Gasteiger partial charge is 0.163 e. The van der Waals surface area contributed by atoms with Crippen LogP contribution in [0.2, 0.25) is 0 Å². The molecule has 0 bridgehead atoms. The maximum atomic E-state index is 12.2. The SMILES string of the molecule is O=C(CCCC1CCCO1)c1ccc2c(c1)OCCO2. The molecule has 3 rings (SSSR count). The molecule has 0 radical (unpaired) electrons. The minimum Gasteiger partial charge on any atom is -0.486 e. The molecule has 0 saturated carbocycles. The van der Waals surface area contributed by atoms with Crippen LogP contribution in [0.3, 0.4) is 0 Å². The molecule has 0 aliphatic carbocycles. The van der Waals surface area contributed by atoms with Crippen LogP contribution >= 0.6 is 0 Å². The first-order valence-corrected chi connectivity index (χ1v) is 7.37. The molecule has 1 unspecified atom stereocenters. The number of benzene rings is 1. The number of carbonyl (C=O) groups excluding carboxylic acids is 1. The second kappa shape index (κ2) is 6.27. The third-order valence-electron chi connectivity index (χ3n) is 3.82. The molecule has 0 aromatic heterocycles. The van der Waals surface area contributed by atoms with Crippen molar-refractivity contribution in [2.45, 2.75) is 38.2 Å². The minimum atomic E-state index is 0.167. The lowest BCUT2D eigenvalue weighted by Gasteiger charge is -2.18. The van der Waals surface area contributed by atoms with Crippen LogP contribution in [-0.4, -0.2) is 31.7 Å². The molecule has 2 aliphatic rings. The van der Waals surface area contributed by atoms with Crippen LogP contribution in [0.15, 0.2) is 18.2 Å². The fourth-order valence-corrected chi connectivity index (χ4v) is 2.72. The van der Waals surface area contributed by atoms with Gasteiger partial charge in [-0.1, -0.05) is 0 Å². The molecular weight excluding hydrogens is 256 g/mol. The van der Waals surface area contributed by atoms with Crippen LogP contribution in [0.5, 0.6) is 11.5 Å². The predicted molar refractivity (Wildman–Crippen MR) is 74.6 cm³/mol. The van der Waals surface area contributed by atoms with Crippen molar-refractivity contribution in [1.29, 1.82) is 0 Å². The fraction of sp³-hybridized carbons (Fsp3) is 0.562. The Balaban J connectivity index is 1.53. The second-order valence-electron chi connectivity index (χ2n) is 5.31. The highest BCUT2D eigenvalue weighted by atomic mass is 16.6. The Morgan fingerprint density at radius 2 is 2.00 bits per heavy atom. The predicted octanol–water partition coefficient (Wildman–Crippen LogP) is 2.99. The first kappa shape index (κ1) is 13.4. The van der Waals surface area contributed by atoms with Gasteiger partial charge in [0, 0.05) is 18.6 Å². The quantitative estimate of drug-likeness (QED) is 0.776. The molecule has 1 fully saturated rings. The van der Waals surface area contributed by atoms with Crippen LogP contribution < -0.4 is 9.47 Å². The monoisotopic (exact) mass is 276 g/mol. The Kier molecular flexibility index (Phi) is 4.21. The molecule has 0 N–H and O–H groups in total. The molecular formula is C16H20O4. The molecule has 0 spiro atoms. The lowest BCUT2D eigenvalue weighted by Crippen LogP contribution is -2.15. The van der Waals surface area contributed by atoms with Crippen molar-refractivity contribution in [1.82, 2.24) is 0 Å². The number of rotatable bonds is 5. The van der Waals surface area contributed by atoms with Crippen molar-refractivity contribution in [3.63, 3.8) is 0 Å². The maximum Gasteiger partial charge on any atom is 0.163 e. The molecule has 1 aromatic rings. The van der Waals surface area contributed by atoms with Crippen molar-refractivity contribution in [3.05, 3.63) is 23.8 Å². The van der Waals surface area contributed by atoms with Gasteiger partial charge in [-0.2, -0.15) is 0 Å². The molecule has 2 aliphatic heterocycles. The molecule has 1 atom stereocenters. The van der Waals surface area contributed by atoms with Gasteiger partial charge in [0.15, 0.2) is 17.3 Å². The Bertz CT molecular complexity index is 477. The van der Waals surface area contributed by atoms with Crippen LogP contribution in [0.1, 0.15) is 42.5 Å². The van der Waals surface area contributed by atoms with Gasteiger partial charge in [-0.15, -0.1) is 0 Å². The van der Waals surface area contributed by atoms with E-state index in [1.807, 2.05) is 12.1 Å². The number of hydrogen-bond acceptors (Lipinski definition) is 4. The van der Waals surface area contributed by atoms with Crippen molar-refractivity contribution in [3.8, 4) is 11.5 Å². The van der Waals surface area contributed by atoms with Crippen molar-refractivity contribution < 1.29 is 19.0 Å². The van der Waals surface area contributed by atoms with Crippen LogP contribution in [0, 0.1) is 0 Å². The lowest BCUT2D eigenvalue weighted by molar-refractivity contribution is 0.0922. The van der Waals surface area contributed by atoms with Gasteiger partial charge in [0.1, 0.15) is 13.2 Å². The summed E-state index contributed by atoms with van der Waals surface area (Å²) in [6.45, 7) is 1.99. The van der Waals surface area contributed by atoms with E-state index in [9.17, 15) is 4.79 Å². The number of Topliss-reactive ketones (excluding diaryl/α,β-unsaturated/α-hetero) is 1. The van der Waals surface area contributed by atoms with E-state index in [2.05, 4.69) is 0 Å². The summed E-state index contributed by atoms with van der Waals surface area (Å²) in [6.07, 6.45) is 5.09. The van der Waals surface area contributed by atoms with E-state index in [4.69, 9.17) is 14.2 Å². The Morgan fingerprint density at radius 1 is 1.15 bits per heavy atom. The summed E-state index contributed by atoms with van der Waals surface area (Å²) in [5.41, 5.74) is 0.710. The van der Waals surface area contributed by atoms with Crippen LogP contribution in [0.25, 0.3) is 0 Å². The lowest BCUT2D eigenvalue weighted by atomic mass is 10.0. The largest absolute Gasteiger partial charge is 0.486 e. The van der Waals surface area contributed by atoms with Gasteiger partial charge in [0.25, 0.3) is 0 Å². The molecule has 1 saturated heterocycles. The normalized spacial score (nSPS) is 20.9. The van der Waals surface area contributed by atoms with Crippen molar-refractivity contribution in [2.75, 3.05) is 19.8 Å². The number of ketones is 1. The molecule has 4 nitrogen and oxygen atoms in total. The van der Waals surface area contributed by atoms with Crippen LogP contribution in [-0.2, 0) is 4.74 Å². The summed E-state index contributed by atoms with van der Waals surface area (Å²) < 4.78 is 16.5. The van der Waals surface area contributed by atoms with E-state index in [1.165, 1.54) is 0 Å². The zero-order chi connectivity index (χ0) is 13.8.